The molecular formula is C16H18N2O3S. The molecule has 2 aromatic carbocycles. The van der Waals surface area contributed by atoms with Gasteiger partial charge < -0.3 is 5.32 Å². The third kappa shape index (κ3) is 4.08. The number of anilines is 2. The van der Waals surface area contributed by atoms with Gasteiger partial charge in [-0.3, -0.25) is 9.10 Å². The minimum absolute atomic E-state index is 0.265. The first-order valence-corrected chi connectivity index (χ1v) is 8.61. The van der Waals surface area contributed by atoms with Crippen molar-refractivity contribution in [1.82, 2.24) is 0 Å². The number of para-hydroxylation sites is 2. The van der Waals surface area contributed by atoms with Crippen LogP contribution in [0.25, 0.3) is 0 Å². The van der Waals surface area contributed by atoms with Gasteiger partial charge in [0, 0.05) is 5.69 Å². The summed E-state index contributed by atoms with van der Waals surface area (Å²) in [5, 5.41) is 2.69. The SMILES string of the molecule is Cc1ccccc1N(CC(=O)Nc1ccccc1)S(C)(=O)=O. The lowest BCUT2D eigenvalue weighted by atomic mass is 10.2. The normalized spacial score (nSPS) is 11.0. The fourth-order valence-electron chi connectivity index (χ4n) is 2.08. The predicted octanol–water partition coefficient (Wildman–Crippen LogP) is 2.40. The molecule has 116 valence electrons. The average molecular weight is 318 g/mol. The monoisotopic (exact) mass is 318 g/mol. The van der Waals surface area contributed by atoms with Crippen LogP contribution in [-0.4, -0.2) is 27.1 Å². The molecule has 0 saturated heterocycles. The van der Waals surface area contributed by atoms with Crippen LogP contribution in [-0.2, 0) is 14.8 Å². The largest absolute Gasteiger partial charge is 0.325 e. The second kappa shape index (κ2) is 6.62. The number of nitrogens with zero attached hydrogens (tertiary/aromatic N) is 1. The van der Waals surface area contributed by atoms with E-state index in [0.717, 1.165) is 16.1 Å². The van der Waals surface area contributed by atoms with Crippen LogP contribution in [0.4, 0.5) is 11.4 Å². The van der Waals surface area contributed by atoms with Gasteiger partial charge in [-0.05, 0) is 30.7 Å². The van der Waals surface area contributed by atoms with Crippen LogP contribution in [0, 0.1) is 6.92 Å². The van der Waals surface area contributed by atoms with Crippen molar-refractivity contribution in [2.45, 2.75) is 6.92 Å². The topological polar surface area (TPSA) is 66.5 Å². The van der Waals surface area contributed by atoms with Crippen molar-refractivity contribution in [3.05, 3.63) is 60.2 Å². The highest BCUT2D eigenvalue weighted by Gasteiger charge is 2.22. The highest BCUT2D eigenvalue weighted by Crippen LogP contribution is 2.21. The van der Waals surface area contributed by atoms with Crippen LogP contribution in [0.15, 0.2) is 54.6 Å². The fourth-order valence-corrected chi connectivity index (χ4v) is 2.99. The van der Waals surface area contributed by atoms with Gasteiger partial charge in [0.2, 0.25) is 15.9 Å². The summed E-state index contributed by atoms with van der Waals surface area (Å²) < 4.78 is 25.1. The maximum atomic E-state index is 12.1. The van der Waals surface area contributed by atoms with Gasteiger partial charge in [-0.2, -0.15) is 0 Å². The van der Waals surface area contributed by atoms with Crippen LogP contribution < -0.4 is 9.62 Å². The zero-order valence-corrected chi connectivity index (χ0v) is 13.3. The lowest BCUT2D eigenvalue weighted by molar-refractivity contribution is -0.114. The zero-order valence-electron chi connectivity index (χ0n) is 12.5. The molecule has 6 heteroatoms. The number of carbonyl (C=O) groups is 1. The van der Waals surface area contributed by atoms with Crippen LogP contribution in [0.1, 0.15) is 5.56 Å². The minimum Gasteiger partial charge on any atom is -0.325 e. The number of nitrogens with one attached hydrogen (secondary N) is 1. The molecule has 0 aromatic heterocycles. The minimum atomic E-state index is -3.56. The van der Waals surface area contributed by atoms with E-state index in [9.17, 15) is 13.2 Å². The smallest absolute Gasteiger partial charge is 0.245 e. The van der Waals surface area contributed by atoms with Crippen molar-refractivity contribution in [3.8, 4) is 0 Å². The standard InChI is InChI=1S/C16H18N2O3S/c1-13-8-6-7-11-15(13)18(22(2,20)21)12-16(19)17-14-9-4-3-5-10-14/h3-11H,12H2,1-2H3,(H,17,19). The molecule has 0 unspecified atom stereocenters. The molecule has 0 heterocycles. The van der Waals surface area contributed by atoms with Crippen molar-refractivity contribution in [3.63, 3.8) is 0 Å². The Bertz CT molecular complexity index is 758. The van der Waals surface area contributed by atoms with Crippen LogP contribution >= 0.6 is 0 Å². The predicted molar refractivity (Wildman–Crippen MR) is 88.4 cm³/mol. The first-order chi connectivity index (χ1) is 10.4. The highest BCUT2D eigenvalue weighted by molar-refractivity contribution is 7.92. The number of benzene rings is 2. The van der Waals surface area contributed by atoms with Crippen molar-refractivity contribution in [2.75, 3.05) is 22.4 Å². The molecule has 0 spiro atoms. The van der Waals surface area contributed by atoms with Gasteiger partial charge in [-0.1, -0.05) is 36.4 Å². The zero-order chi connectivity index (χ0) is 16.2. The Hall–Kier alpha value is -2.34. The van der Waals surface area contributed by atoms with E-state index in [0.29, 0.717) is 11.4 Å². The molecule has 1 N–H and O–H groups in total. The number of aryl methyl sites for hydroxylation is 1. The molecule has 2 aromatic rings. The van der Waals surface area contributed by atoms with Crippen molar-refractivity contribution in [2.24, 2.45) is 0 Å². The molecule has 0 aliphatic heterocycles. The lowest BCUT2D eigenvalue weighted by Crippen LogP contribution is -2.37. The number of hydrogen-bond acceptors (Lipinski definition) is 3. The van der Waals surface area contributed by atoms with Gasteiger partial charge in [-0.15, -0.1) is 0 Å². The second-order valence-corrected chi connectivity index (χ2v) is 6.88. The number of sulfonamides is 1. The van der Waals surface area contributed by atoms with Gasteiger partial charge in [0.25, 0.3) is 0 Å². The van der Waals surface area contributed by atoms with E-state index in [2.05, 4.69) is 5.32 Å². The molecule has 0 aliphatic rings. The molecule has 5 nitrogen and oxygen atoms in total. The second-order valence-electron chi connectivity index (χ2n) is 4.97. The van der Waals surface area contributed by atoms with E-state index in [1.807, 2.05) is 25.1 Å². The lowest BCUT2D eigenvalue weighted by Gasteiger charge is -2.23. The van der Waals surface area contributed by atoms with Gasteiger partial charge in [-0.25, -0.2) is 8.42 Å². The van der Waals surface area contributed by atoms with Crippen LogP contribution in [0.2, 0.25) is 0 Å². The first kappa shape index (κ1) is 16.0. The van der Waals surface area contributed by atoms with E-state index in [4.69, 9.17) is 0 Å². The number of amides is 1. The van der Waals surface area contributed by atoms with Gasteiger partial charge >= 0.3 is 0 Å². The van der Waals surface area contributed by atoms with Crippen molar-refractivity contribution < 1.29 is 13.2 Å². The maximum Gasteiger partial charge on any atom is 0.245 e. The third-order valence-electron chi connectivity index (χ3n) is 3.13. The molecule has 2 rings (SSSR count). The summed E-state index contributed by atoms with van der Waals surface area (Å²) >= 11 is 0. The van der Waals surface area contributed by atoms with E-state index in [-0.39, 0.29) is 12.5 Å². The average Bonchev–Trinajstić information content (AvgIpc) is 2.46. The van der Waals surface area contributed by atoms with Crippen molar-refractivity contribution >= 4 is 27.3 Å². The molecule has 1 amide bonds. The van der Waals surface area contributed by atoms with E-state index >= 15 is 0 Å². The van der Waals surface area contributed by atoms with Crippen LogP contribution in [0.3, 0.4) is 0 Å². The Balaban J connectivity index is 2.22. The summed E-state index contributed by atoms with van der Waals surface area (Å²) in [5.74, 6) is -0.389. The molecule has 0 aliphatic carbocycles. The van der Waals surface area contributed by atoms with E-state index in [1.165, 1.54) is 0 Å². The molecule has 0 saturated carbocycles. The first-order valence-electron chi connectivity index (χ1n) is 6.76. The number of rotatable bonds is 5. The van der Waals surface area contributed by atoms with Gasteiger partial charge in [0.05, 0.1) is 11.9 Å². The highest BCUT2D eigenvalue weighted by atomic mass is 32.2. The summed E-state index contributed by atoms with van der Waals surface area (Å²) in [5.41, 5.74) is 1.93. The van der Waals surface area contributed by atoms with E-state index < -0.39 is 10.0 Å². The van der Waals surface area contributed by atoms with Crippen LogP contribution in [0.5, 0.6) is 0 Å². The Morgan fingerprint density at radius 3 is 2.23 bits per heavy atom. The summed E-state index contributed by atoms with van der Waals surface area (Å²) in [6.07, 6.45) is 1.09. The maximum absolute atomic E-state index is 12.1. The van der Waals surface area contributed by atoms with Gasteiger partial charge in [0.1, 0.15) is 6.54 Å². The Morgan fingerprint density at radius 1 is 1.05 bits per heavy atom. The molecule has 0 bridgehead atoms. The fraction of sp³-hybridized carbons (Fsp3) is 0.188. The van der Waals surface area contributed by atoms with E-state index in [1.54, 1.807) is 36.4 Å². The Kier molecular flexibility index (Phi) is 4.82. The third-order valence-corrected chi connectivity index (χ3v) is 4.26. The summed E-state index contributed by atoms with van der Waals surface area (Å²) in [6.45, 7) is 1.54. The molecule has 0 fully saturated rings. The summed E-state index contributed by atoms with van der Waals surface area (Å²) in [6, 6.07) is 16.0. The summed E-state index contributed by atoms with van der Waals surface area (Å²) in [7, 11) is -3.56. The number of hydrogen-bond donors (Lipinski definition) is 1. The summed E-state index contributed by atoms with van der Waals surface area (Å²) in [4.78, 5) is 12.1. The Labute approximate surface area is 130 Å². The number of carbonyl (C=O) groups excluding carboxylic acids is 1. The Morgan fingerprint density at radius 2 is 1.64 bits per heavy atom. The van der Waals surface area contributed by atoms with Crippen molar-refractivity contribution in [1.29, 1.82) is 0 Å². The quantitative estimate of drug-likeness (QED) is 0.920. The van der Waals surface area contributed by atoms with Gasteiger partial charge in [0.15, 0.2) is 0 Å². The molecule has 0 atom stereocenters. The molecule has 22 heavy (non-hydrogen) atoms. The molecule has 0 radical (unpaired) electrons. The molecular weight excluding hydrogens is 300 g/mol.